The van der Waals surface area contributed by atoms with Crippen molar-refractivity contribution in [1.29, 1.82) is 0 Å². The molecule has 0 heterocycles. The Morgan fingerprint density at radius 3 is 1.38 bits per heavy atom. The Labute approximate surface area is 212 Å². The van der Waals surface area contributed by atoms with E-state index >= 15 is 0 Å². The van der Waals surface area contributed by atoms with Gasteiger partial charge in [-0.05, 0) is 25.0 Å². The first-order valence-corrected chi connectivity index (χ1v) is 17.6. The molecule has 8 heteroatoms. The Balaban J connectivity index is 1.88. The Kier molecular flexibility index (Phi) is 13.7. The van der Waals surface area contributed by atoms with Crippen molar-refractivity contribution in [3.63, 3.8) is 0 Å². The van der Waals surface area contributed by atoms with E-state index in [0.29, 0.717) is 24.7 Å². The van der Waals surface area contributed by atoms with Gasteiger partial charge in [0.2, 0.25) is 0 Å². The molecule has 0 N–H and O–H groups in total. The van der Waals surface area contributed by atoms with Gasteiger partial charge in [0, 0.05) is 23.1 Å². The fourth-order valence-corrected chi connectivity index (χ4v) is 10.5. The van der Waals surface area contributed by atoms with Crippen molar-refractivity contribution < 1.29 is 18.2 Å². The maximum atomic E-state index is 13.1. The highest BCUT2D eigenvalue weighted by Crippen LogP contribution is 2.64. The molecule has 0 radical (unpaired) electrons. The molecule has 2 aromatic carbocycles. The van der Waals surface area contributed by atoms with E-state index in [1.165, 1.54) is 22.8 Å². The summed E-state index contributed by atoms with van der Waals surface area (Å²) in [7, 11) is 0. The van der Waals surface area contributed by atoms with Crippen LogP contribution in [0.25, 0.3) is 12.2 Å². The van der Waals surface area contributed by atoms with Gasteiger partial charge in [-0.2, -0.15) is 0 Å². The van der Waals surface area contributed by atoms with Gasteiger partial charge in [-0.25, -0.2) is 0 Å². The molecule has 4 nitrogen and oxygen atoms in total. The van der Waals surface area contributed by atoms with Gasteiger partial charge in [-0.1, -0.05) is 120 Å². The SMILES string of the molecule is CCOP(=O)(/C=C/C=C/c1ccccc1)SCCSP(=O)(/C=C/C=C/c1ccccc1)OCC. The third kappa shape index (κ3) is 11.8. The zero-order valence-corrected chi connectivity index (χ0v) is 23.0. The van der Waals surface area contributed by atoms with Crippen LogP contribution in [0, 0.1) is 0 Å². The van der Waals surface area contributed by atoms with E-state index in [4.69, 9.17) is 9.05 Å². The predicted octanol–water partition coefficient (Wildman–Crippen LogP) is 9.37. The van der Waals surface area contributed by atoms with Crippen LogP contribution < -0.4 is 0 Å². The van der Waals surface area contributed by atoms with Crippen LogP contribution in [-0.2, 0) is 18.2 Å². The lowest BCUT2D eigenvalue weighted by molar-refractivity contribution is 0.351. The first-order valence-electron chi connectivity index (χ1n) is 11.1. The van der Waals surface area contributed by atoms with Crippen LogP contribution in [0.1, 0.15) is 25.0 Å². The van der Waals surface area contributed by atoms with E-state index < -0.39 is 13.1 Å². The molecular formula is C26H32O4P2S2. The van der Waals surface area contributed by atoms with Crippen LogP contribution >= 0.6 is 35.9 Å². The number of benzene rings is 2. The Hall–Kier alpha value is -1.52. The number of hydrogen-bond donors (Lipinski definition) is 0. The van der Waals surface area contributed by atoms with Gasteiger partial charge in [-0.15, -0.1) is 0 Å². The minimum Gasteiger partial charge on any atom is -0.319 e. The molecule has 0 bridgehead atoms. The van der Waals surface area contributed by atoms with Crippen molar-refractivity contribution in [3.8, 4) is 0 Å². The predicted molar refractivity (Wildman–Crippen MR) is 153 cm³/mol. The van der Waals surface area contributed by atoms with Crippen molar-refractivity contribution in [3.05, 3.63) is 108 Å². The van der Waals surface area contributed by atoms with Crippen molar-refractivity contribution in [2.45, 2.75) is 13.8 Å². The molecule has 2 aromatic rings. The zero-order valence-electron chi connectivity index (χ0n) is 19.6. The lowest BCUT2D eigenvalue weighted by atomic mass is 10.2. The molecule has 0 amide bonds. The number of allylic oxidation sites excluding steroid dienone is 4. The molecule has 0 fully saturated rings. The van der Waals surface area contributed by atoms with Gasteiger partial charge in [0.1, 0.15) is 0 Å². The first kappa shape index (κ1) is 28.7. The van der Waals surface area contributed by atoms with E-state index in [9.17, 15) is 9.13 Å². The highest BCUT2D eigenvalue weighted by atomic mass is 32.7. The fourth-order valence-electron chi connectivity index (χ4n) is 2.71. The molecule has 0 saturated carbocycles. The van der Waals surface area contributed by atoms with Gasteiger partial charge >= 0.3 is 0 Å². The smallest absolute Gasteiger partial charge is 0.280 e. The molecule has 2 rings (SSSR count). The van der Waals surface area contributed by atoms with E-state index in [-0.39, 0.29) is 0 Å². The largest absolute Gasteiger partial charge is 0.319 e. The highest BCUT2D eigenvalue weighted by molar-refractivity contribution is 8.59. The molecule has 0 aromatic heterocycles. The lowest BCUT2D eigenvalue weighted by Gasteiger charge is -2.15. The summed E-state index contributed by atoms with van der Waals surface area (Å²) in [6, 6.07) is 19.8. The molecule has 2 atom stereocenters. The summed E-state index contributed by atoms with van der Waals surface area (Å²) in [5.74, 6) is 4.31. The molecule has 182 valence electrons. The number of rotatable bonds is 15. The van der Waals surface area contributed by atoms with Crippen LogP contribution in [0.4, 0.5) is 0 Å². The van der Waals surface area contributed by atoms with Crippen LogP contribution in [-0.4, -0.2) is 24.7 Å². The fraction of sp³-hybridized carbons (Fsp3) is 0.231. The maximum Gasteiger partial charge on any atom is 0.280 e. The average molecular weight is 535 g/mol. The van der Waals surface area contributed by atoms with E-state index in [1.54, 1.807) is 23.8 Å². The van der Waals surface area contributed by atoms with Crippen LogP contribution in [0.3, 0.4) is 0 Å². The van der Waals surface area contributed by atoms with Gasteiger partial charge in [0.15, 0.2) is 0 Å². The van der Waals surface area contributed by atoms with Crippen molar-refractivity contribution in [1.82, 2.24) is 0 Å². The summed E-state index contributed by atoms with van der Waals surface area (Å²) in [5.41, 5.74) is 2.14. The monoisotopic (exact) mass is 534 g/mol. The van der Waals surface area contributed by atoms with Crippen molar-refractivity contribution >= 4 is 48.1 Å². The summed E-state index contributed by atoms with van der Waals surface area (Å²) in [6.45, 7) is -1.60. The van der Waals surface area contributed by atoms with Crippen LogP contribution in [0.5, 0.6) is 0 Å². The highest BCUT2D eigenvalue weighted by Gasteiger charge is 2.22. The molecule has 0 aliphatic rings. The van der Waals surface area contributed by atoms with Crippen LogP contribution in [0.2, 0.25) is 0 Å². The lowest BCUT2D eigenvalue weighted by Crippen LogP contribution is -1.90. The first-order chi connectivity index (χ1) is 16.5. The summed E-state index contributed by atoms with van der Waals surface area (Å²) in [6.07, 6.45) is 11.1. The number of hydrogen-bond acceptors (Lipinski definition) is 6. The second-order valence-corrected chi connectivity index (χ2v) is 16.0. The average Bonchev–Trinajstić information content (AvgIpc) is 2.84. The summed E-state index contributed by atoms with van der Waals surface area (Å²) in [5, 5.41) is 0. The minimum absolute atomic E-state index is 0.359. The second-order valence-electron chi connectivity index (χ2n) is 6.80. The molecule has 0 spiro atoms. The topological polar surface area (TPSA) is 52.6 Å². The summed E-state index contributed by atoms with van der Waals surface area (Å²) in [4.78, 5) is 0. The zero-order chi connectivity index (χ0) is 24.5. The summed E-state index contributed by atoms with van der Waals surface area (Å²) < 4.78 is 37.3. The quantitative estimate of drug-likeness (QED) is 0.129. The Bertz CT molecular complexity index is 965. The van der Waals surface area contributed by atoms with Crippen LogP contribution in [0.15, 0.2) is 96.6 Å². The van der Waals surface area contributed by atoms with Gasteiger partial charge in [-0.3, -0.25) is 9.13 Å². The van der Waals surface area contributed by atoms with Gasteiger partial charge < -0.3 is 9.05 Å². The third-order valence-corrected chi connectivity index (χ3v) is 12.9. The van der Waals surface area contributed by atoms with E-state index in [2.05, 4.69) is 0 Å². The molecular weight excluding hydrogens is 502 g/mol. The molecule has 0 saturated heterocycles. The summed E-state index contributed by atoms with van der Waals surface area (Å²) >= 11 is 2.51. The Morgan fingerprint density at radius 2 is 1.03 bits per heavy atom. The standard InChI is InChI=1S/C26H32O4P2S2/c1-3-29-31(27,21-13-11-19-25-15-7-5-8-16-25)33-23-24-34-32(28,30-4-2)22-14-12-20-26-17-9-6-10-18-26/h5-22H,3-4,23-24H2,1-2H3/b19-11+,20-12+,21-13+,22-14+. The van der Waals surface area contributed by atoms with E-state index in [1.807, 2.05) is 98.8 Å². The van der Waals surface area contributed by atoms with Crippen molar-refractivity contribution in [2.24, 2.45) is 0 Å². The minimum atomic E-state index is -2.99. The molecule has 0 aliphatic heterocycles. The Morgan fingerprint density at radius 1 is 0.647 bits per heavy atom. The van der Waals surface area contributed by atoms with Crippen molar-refractivity contribution in [2.75, 3.05) is 24.7 Å². The third-order valence-electron chi connectivity index (χ3n) is 4.18. The molecule has 34 heavy (non-hydrogen) atoms. The molecule has 2 unspecified atom stereocenters. The van der Waals surface area contributed by atoms with E-state index in [0.717, 1.165) is 11.1 Å². The normalized spacial score (nSPS) is 15.9. The van der Waals surface area contributed by atoms with Gasteiger partial charge in [0.25, 0.3) is 13.1 Å². The van der Waals surface area contributed by atoms with Gasteiger partial charge in [0.05, 0.1) is 13.2 Å². The second kappa shape index (κ2) is 16.2. The molecule has 0 aliphatic carbocycles. The maximum absolute atomic E-state index is 13.1.